The van der Waals surface area contributed by atoms with E-state index in [1.54, 1.807) is 18.2 Å². The van der Waals surface area contributed by atoms with Gasteiger partial charge in [-0.1, -0.05) is 60.1 Å². The Bertz CT molecular complexity index is 881. The van der Waals surface area contributed by atoms with E-state index in [-0.39, 0.29) is 16.6 Å². The summed E-state index contributed by atoms with van der Waals surface area (Å²) in [6.45, 7) is 0. The number of benzene rings is 3. The Labute approximate surface area is 133 Å². The number of phenols is 1. The maximum atomic E-state index is 12.2. The Kier molecular flexibility index (Phi) is 3.94. The summed E-state index contributed by atoms with van der Waals surface area (Å²) < 4.78 is 0. The SMILES string of the molecule is O=C(/C=C/c1ccc(O)c(Cl)c1)c1ccc2ccccc2c1. The summed E-state index contributed by atoms with van der Waals surface area (Å²) in [6, 6.07) is 18.4. The van der Waals surface area contributed by atoms with Gasteiger partial charge in [0.1, 0.15) is 5.75 Å². The van der Waals surface area contributed by atoms with E-state index in [4.69, 9.17) is 11.6 Å². The molecule has 2 nitrogen and oxygen atoms in total. The number of ketones is 1. The number of hydrogen-bond donors (Lipinski definition) is 1. The molecule has 3 rings (SSSR count). The number of fused-ring (bicyclic) bond motifs is 1. The molecule has 0 fully saturated rings. The largest absolute Gasteiger partial charge is 0.506 e. The van der Waals surface area contributed by atoms with Gasteiger partial charge in [-0.2, -0.15) is 0 Å². The minimum Gasteiger partial charge on any atom is -0.506 e. The molecule has 0 heterocycles. The fourth-order valence-corrected chi connectivity index (χ4v) is 2.43. The van der Waals surface area contributed by atoms with Crippen LogP contribution >= 0.6 is 11.6 Å². The van der Waals surface area contributed by atoms with Crippen LogP contribution < -0.4 is 0 Å². The van der Waals surface area contributed by atoms with Gasteiger partial charge in [-0.05, 0) is 40.6 Å². The van der Waals surface area contributed by atoms with Gasteiger partial charge in [-0.3, -0.25) is 4.79 Å². The van der Waals surface area contributed by atoms with Crippen molar-refractivity contribution < 1.29 is 9.90 Å². The summed E-state index contributed by atoms with van der Waals surface area (Å²) in [4.78, 5) is 12.2. The molecule has 0 spiro atoms. The molecule has 22 heavy (non-hydrogen) atoms. The number of aromatic hydroxyl groups is 1. The second kappa shape index (κ2) is 6.04. The number of carbonyl (C=O) groups is 1. The molecule has 0 aromatic heterocycles. The quantitative estimate of drug-likeness (QED) is 0.540. The fraction of sp³-hybridized carbons (Fsp3) is 0. The first-order chi connectivity index (χ1) is 10.6. The second-order valence-corrected chi connectivity index (χ2v) is 5.38. The van der Waals surface area contributed by atoms with E-state index in [2.05, 4.69) is 0 Å². The van der Waals surface area contributed by atoms with Gasteiger partial charge in [-0.25, -0.2) is 0 Å². The molecule has 1 N–H and O–H groups in total. The van der Waals surface area contributed by atoms with Gasteiger partial charge < -0.3 is 5.11 Å². The summed E-state index contributed by atoms with van der Waals surface area (Å²) in [6.07, 6.45) is 3.19. The van der Waals surface area contributed by atoms with Crippen molar-refractivity contribution >= 4 is 34.2 Å². The van der Waals surface area contributed by atoms with Gasteiger partial charge in [0, 0.05) is 5.56 Å². The number of phenolic OH excluding ortho intramolecular Hbond substituents is 1. The van der Waals surface area contributed by atoms with E-state index >= 15 is 0 Å². The lowest BCUT2D eigenvalue weighted by Gasteiger charge is -2.01. The van der Waals surface area contributed by atoms with Crippen LogP contribution in [0.4, 0.5) is 0 Å². The molecule has 3 aromatic rings. The second-order valence-electron chi connectivity index (χ2n) is 4.97. The van der Waals surface area contributed by atoms with Crippen LogP contribution in [0.5, 0.6) is 5.75 Å². The van der Waals surface area contributed by atoms with E-state index < -0.39 is 0 Å². The average Bonchev–Trinajstić information content (AvgIpc) is 2.55. The molecule has 0 radical (unpaired) electrons. The third-order valence-electron chi connectivity index (χ3n) is 3.43. The highest BCUT2D eigenvalue weighted by molar-refractivity contribution is 6.32. The highest BCUT2D eigenvalue weighted by atomic mass is 35.5. The van der Waals surface area contributed by atoms with E-state index in [1.165, 1.54) is 12.1 Å². The van der Waals surface area contributed by atoms with Gasteiger partial charge in [-0.15, -0.1) is 0 Å². The Morgan fingerprint density at radius 1 is 0.955 bits per heavy atom. The molecule has 0 bridgehead atoms. The molecular weight excluding hydrogens is 296 g/mol. The summed E-state index contributed by atoms with van der Waals surface area (Å²) in [5, 5.41) is 11.8. The third kappa shape index (κ3) is 3.02. The summed E-state index contributed by atoms with van der Waals surface area (Å²) in [5.41, 5.74) is 1.40. The van der Waals surface area contributed by atoms with Crippen molar-refractivity contribution in [2.45, 2.75) is 0 Å². The highest BCUT2D eigenvalue weighted by Crippen LogP contribution is 2.24. The average molecular weight is 309 g/mol. The van der Waals surface area contributed by atoms with Crippen molar-refractivity contribution in [2.75, 3.05) is 0 Å². The molecule has 3 aromatic carbocycles. The summed E-state index contributed by atoms with van der Waals surface area (Å²) >= 11 is 5.84. The summed E-state index contributed by atoms with van der Waals surface area (Å²) in [5.74, 6) is -0.0466. The topological polar surface area (TPSA) is 37.3 Å². The van der Waals surface area contributed by atoms with Gasteiger partial charge >= 0.3 is 0 Å². The first-order valence-corrected chi connectivity index (χ1v) is 7.21. The molecule has 0 unspecified atom stereocenters. The lowest BCUT2D eigenvalue weighted by atomic mass is 10.0. The Morgan fingerprint density at radius 3 is 2.50 bits per heavy atom. The molecule has 108 valence electrons. The van der Waals surface area contributed by atoms with Crippen LogP contribution in [0.1, 0.15) is 15.9 Å². The van der Waals surface area contributed by atoms with Crippen LogP contribution in [0.2, 0.25) is 5.02 Å². The van der Waals surface area contributed by atoms with Crippen molar-refractivity contribution in [3.05, 3.63) is 82.9 Å². The van der Waals surface area contributed by atoms with Crippen molar-refractivity contribution in [3.8, 4) is 5.75 Å². The van der Waals surface area contributed by atoms with Crippen LogP contribution in [0, 0.1) is 0 Å². The molecule has 0 aliphatic heterocycles. The fourth-order valence-electron chi connectivity index (χ4n) is 2.24. The molecule has 3 heteroatoms. The monoisotopic (exact) mass is 308 g/mol. The van der Waals surface area contributed by atoms with Gasteiger partial charge in [0.05, 0.1) is 5.02 Å². The minimum absolute atomic E-state index is 0.0275. The molecule has 0 amide bonds. The van der Waals surface area contributed by atoms with Crippen molar-refractivity contribution in [2.24, 2.45) is 0 Å². The van der Waals surface area contributed by atoms with Crippen LogP contribution in [-0.2, 0) is 0 Å². The first-order valence-electron chi connectivity index (χ1n) is 6.83. The normalized spacial score (nSPS) is 11.1. The van der Waals surface area contributed by atoms with E-state index in [0.717, 1.165) is 16.3 Å². The van der Waals surface area contributed by atoms with E-state index in [1.807, 2.05) is 42.5 Å². The molecule has 0 saturated carbocycles. The molecular formula is C19H13ClO2. The third-order valence-corrected chi connectivity index (χ3v) is 3.74. The number of allylic oxidation sites excluding steroid dienone is 1. The van der Waals surface area contributed by atoms with Crippen molar-refractivity contribution in [3.63, 3.8) is 0 Å². The number of rotatable bonds is 3. The Hall–Kier alpha value is -2.58. The lowest BCUT2D eigenvalue weighted by Crippen LogP contribution is -1.93. The van der Waals surface area contributed by atoms with Crippen molar-refractivity contribution in [1.29, 1.82) is 0 Å². The zero-order chi connectivity index (χ0) is 15.5. The highest BCUT2D eigenvalue weighted by Gasteiger charge is 2.03. The number of halogens is 1. The Balaban J connectivity index is 1.85. The smallest absolute Gasteiger partial charge is 0.185 e. The van der Waals surface area contributed by atoms with Gasteiger partial charge in [0.2, 0.25) is 0 Å². The molecule has 0 aliphatic carbocycles. The lowest BCUT2D eigenvalue weighted by molar-refractivity contribution is 0.104. The zero-order valence-corrected chi connectivity index (χ0v) is 12.4. The van der Waals surface area contributed by atoms with E-state index in [0.29, 0.717) is 5.56 Å². The van der Waals surface area contributed by atoms with Gasteiger partial charge in [0.25, 0.3) is 0 Å². The van der Waals surface area contributed by atoms with E-state index in [9.17, 15) is 9.90 Å². The first kappa shape index (κ1) is 14.4. The molecule has 0 atom stereocenters. The predicted octanol–water partition coefficient (Wildman–Crippen LogP) is 5.09. The van der Waals surface area contributed by atoms with Crippen LogP contribution in [0.15, 0.2) is 66.7 Å². The maximum Gasteiger partial charge on any atom is 0.185 e. The Morgan fingerprint density at radius 2 is 1.73 bits per heavy atom. The summed E-state index contributed by atoms with van der Waals surface area (Å²) in [7, 11) is 0. The predicted molar refractivity (Wildman–Crippen MR) is 90.4 cm³/mol. The molecule has 0 saturated heterocycles. The number of carbonyl (C=O) groups excluding carboxylic acids is 1. The van der Waals surface area contributed by atoms with Crippen LogP contribution in [0.3, 0.4) is 0 Å². The standard InChI is InChI=1S/C19H13ClO2/c20-17-11-13(6-10-19(17)22)5-9-18(21)16-8-7-14-3-1-2-4-15(14)12-16/h1-12,22H/b9-5+. The maximum absolute atomic E-state index is 12.2. The zero-order valence-electron chi connectivity index (χ0n) is 11.7. The number of hydrogen-bond acceptors (Lipinski definition) is 2. The minimum atomic E-state index is -0.0741. The van der Waals surface area contributed by atoms with Crippen LogP contribution in [-0.4, -0.2) is 10.9 Å². The molecule has 0 aliphatic rings. The van der Waals surface area contributed by atoms with Crippen LogP contribution in [0.25, 0.3) is 16.8 Å². The van der Waals surface area contributed by atoms with Gasteiger partial charge in [0.15, 0.2) is 5.78 Å². The van der Waals surface area contributed by atoms with Crippen molar-refractivity contribution in [1.82, 2.24) is 0 Å².